The van der Waals surface area contributed by atoms with Crippen LogP contribution >= 0.6 is 11.3 Å². The van der Waals surface area contributed by atoms with Crippen LogP contribution < -0.4 is 10.1 Å². The maximum atomic E-state index is 9.14. The van der Waals surface area contributed by atoms with Crippen molar-refractivity contribution < 1.29 is 4.74 Å². The Labute approximate surface area is 111 Å². The molecule has 1 atom stereocenters. The van der Waals surface area contributed by atoms with Crippen molar-refractivity contribution in [3.05, 3.63) is 46.2 Å². The number of benzene rings is 1. The molecule has 1 N–H and O–H groups in total. The molecule has 0 fully saturated rings. The first kappa shape index (κ1) is 12.5. The molecule has 0 radical (unpaired) electrons. The lowest BCUT2D eigenvalue weighted by Gasteiger charge is -2.17. The molecule has 1 aromatic heterocycles. The molecule has 0 saturated carbocycles. The predicted octanol–water partition coefficient (Wildman–Crippen LogP) is 3.80. The fraction of sp³-hybridized carbons (Fsp3) is 0.214. The lowest BCUT2D eigenvalue weighted by Crippen LogP contribution is -2.08. The number of ether oxygens (including phenoxy) is 1. The molecule has 92 valence electrons. The molecule has 18 heavy (non-hydrogen) atoms. The van der Waals surface area contributed by atoms with Crippen molar-refractivity contribution in [3.8, 4) is 11.8 Å². The van der Waals surface area contributed by atoms with Crippen LogP contribution in [-0.2, 0) is 0 Å². The minimum Gasteiger partial charge on any atom is -0.495 e. The van der Waals surface area contributed by atoms with E-state index < -0.39 is 0 Å². The Bertz CT molecular complexity index is 558. The molecule has 1 unspecified atom stereocenters. The average molecular weight is 258 g/mol. The average Bonchev–Trinajstić information content (AvgIpc) is 2.93. The van der Waals surface area contributed by atoms with Crippen LogP contribution in [0.5, 0.6) is 5.75 Å². The van der Waals surface area contributed by atoms with E-state index in [2.05, 4.69) is 29.8 Å². The predicted molar refractivity (Wildman–Crippen MR) is 74.1 cm³/mol. The lowest BCUT2D eigenvalue weighted by atomic mass is 10.1. The van der Waals surface area contributed by atoms with Gasteiger partial charge in [-0.05, 0) is 41.4 Å². The van der Waals surface area contributed by atoms with Gasteiger partial charge in [0.25, 0.3) is 0 Å². The van der Waals surface area contributed by atoms with Crippen LogP contribution in [0.15, 0.2) is 35.0 Å². The molecule has 0 spiro atoms. The Morgan fingerprint density at radius 2 is 2.22 bits per heavy atom. The molecule has 2 aromatic rings. The van der Waals surface area contributed by atoms with Crippen LogP contribution in [0.3, 0.4) is 0 Å². The molecule has 0 amide bonds. The number of nitrogens with zero attached hydrogens (tertiary/aromatic N) is 1. The monoisotopic (exact) mass is 258 g/mol. The summed E-state index contributed by atoms with van der Waals surface area (Å²) in [6.07, 6.45) is 0. The van der Waals surface area contributed by atoms with Gasteiger partial charge in [0.1, 0.15) is 11.8 Å². The van der Waals surface area contributed by atoms with Crippen LogP contribution in [0.25, 0.3) is 0 Å². The highest BCUT2D eigenvalue weighted by Crippen LogP contribution is 2.31. The number of para-hydroxylation sites is 1. The van der Waals surface area contributed by atoms with Gasteiger partial charge in [0.05, 0.1) is 18.4 Å². The molecule has 0 saturated heterocycles. The summed E-state index contributed by atoms with van der Waals surface area (Å²) >= 11 is 1.66. The topological polar surface area (TPSA) is 45.0 Å². The van der Waals surface area contributed by atoms with E-state index in [0.29, 0.717) is 11.3 Å². The third-order valence-corrected chi connectivity index (χ3v) is 3.47. The highest BCUT2D eigenvalue weighted by Gasteiger charge is 2.12. The normalized spacial score (nSPS) is 11.6. The van der Waals surface area contributed by atoms with Crippen molar-refractivity contribution in [1.82, 2.24) is 0 Å². The fourth-order valence-electron chi connectivity index (χ4n) is 1.76. The highest BCUT2D eigenvalue weighted by molar-refractivity contribution is 7.07. The maximum Gasteiger partial charge on any atom is 0.143 e. The number of hydrogen-bond donors (Lipinski definition) is 1. The lowest BCUT2D eigenvalue weighted by molar-refractivity contribution is 0.416. The molecule has 0 aliphatic heterocycles. The second kappa shape index (κ2) is 5.56. The molecular weight excluding hydrogens is 244 g/mol. The molecule has 4 heteroatoms. The molecule has 2 rings (SSSR count). The fourth-order valence-corrected chi connectivity index (χ4v) is 2.52. The van der Waals surface area contributed by atoms with Crippen molar-refractivity contribution in [2.75, 3.05) is 12.4 Å². The SMILES string of the molecule is COc1cccc(C#N)c1NC(C)c1ccsc1. The number of rotatable bonds is 4. The summed E-state index contributed by atoms with van der Waals surface area (Å²) in [5.74, 6) is 0.691. The maximum absolute atomic E-state index is 9.14. The van der Waals surface area contributed by atoms with Gasteiger partial charge in [-0.25, -0.2) is 0 Å². The number of nitrogens with one attached hydrogen (secondary N) is 1. The van der Waals surface area contributed by atoms with Crippen molar-refractivity contribution in [2.45, 2.75) is 13.0 Å². The first-order valence-corrected chi connectivity index (χ1v) is 6.56. The Balaban J connectivity index is 2.31. The third kappa shape index (κ3) is 2.47. The largest absolute Gasteiger partial charge is 0.495 e. The van der Waals surface area contributed by atoms with E-state index in [1.807, 2.05) is 17.5 Å². The van der Waals surface area contributed by atoms with Gasteiger partial charge in [-0.1, -0.05) is 6.07 Å². The van der Waals surface area contributed by atoms with Crippen molar-refractivity contribution in [3.63, 3.8) is 0 Å². The van der Waals surface area contributed by atoms with E-state index in [1.165, 1.54) is 5.56 Å². The second-order valence-corrected chi connectivity index (χ2v) is 4.70. The van der Waals surface area contributed by atoms with Gasteiger partial charge in [0, 0.05) is 6.04 Å². The van der Waals surface area contributed by atoms with Crippen LogP contribution in [0.1, 0.15) is 24.1 Å². The summed E-state index contributed by atoms with van der Waals surface area (Å²) in [6, 6.07) is 9.84. The molecule has 1 heterocycles. The first-order chi connectivity index (χ1) is 8.76. The summed E-state index contributed by atoms with van der Waals surface area (Å²) in [5, 5.41) is 16.6. The Kier molecular flexibility index (Phi) is 3.85. The summed E-state index contributed by atoms with van der Waals surface area (Å²) in [4.78, 5) is 0. The number of methoxy groups -OCH3 is 1. The summed E-state index contributed by atoms with van der Waals surface area (Å²) in [6.45, 7) is 2.07. The molecule has 1 aromatic carbocycles. The van der Waals surface area contributed by atoms with Crippen LogP contribution in [0.2, 0.25) is 0 Å². The zero-order valence-corrected chi connectivity index (χ0v) is 11.1. The van der Waals surface area contributed by atoms with Gasteiger partial charge >= 0.3 is 0 Å². The molecule has 0 aliphatic carbocycles. The van der Waals surface area contributed by atoms with Crippen LogP contribution in [0, 0.1) is 11.3 Å². The smallest absolute Gasteiger partial charge is 0.143 e. The minimum atomic E-state index is 0.139. The summed E-state index contributed by atoms with van der Waals surface area (Å²) in [5.41, 5.74) is 2.55. The summed E-state index contributed by atoms with van der Waals surface area (Å²) in [7, 11) is 1.61. The van der Waals surface area contributed by atoms with Crippen LogP contribution in [-0.4, -0.2) is 7.11 Å². The van der Waals surface area contributed by atoms with Gasteiger partial charge in [0.15, 0.2) is 0 Å². The quantitative estimate of drug-likeness (QED) is 0.907. The van der Waals surface area contributed by atoms with E-state index in [1.54, 1.807) is 24.5 Å². The van der Waals surface area contributed by atoms with E-state index >= 15 is 0 Å². The molecule has 0 bridgehead atoms. The zero-order chi connectivity index (χ0) is 13.0. The van der Waals surface area contributed by atoms with Gasteiger partial charge < -0.3 is 10.1 Å². The van der Waals surface area contributed by atoms with Gasteiger partial charge in [0.2, 0.25) is 0 Å². The van der Waals surface area contributed by atoms with Crippen molar-refractivity contribution in [1.29, 1.82) is 5.26 Å². The second-order valence-electron chi connectivity index (χ2n) is 3.92. The van der Waals surface area contributed by atoms with Gasteiger partial charge in [-0.2, -0.15) is 16.6 Å². The molecular formula is C14H14N2OS. The highest BCUT2D eigenvalue weighted by atomic mass is 32.1. The Hall–Kier alpha value is -1.99. The van der Waals surface area contributed by atoms with Crippen LogP contribution in [0.4, 0.5) is 5.69 Å². The van der Waals surface area contributed by atoms with E-state index in [-0.39, 0.29) is 6.04 Å². The van der Waals surface area contributed by atoms with Gasteiger partial charge in [-0.3, -0.25) is 0 Å². The Morgan fingerprint density at radius 1 is 1.39 bits per heavy atom. The number of hydrogen-bond acceptors (Lipinski definition) is 4. The van der Waals surface area contributed by atoms with Crippen molar-refractivity contribution in [2.24, 2.45) is 0 Å². The van der Waals surface area contributed by atoms with Gasteiger partial charge in [-0.15, -0.1) is 0 Å². The number of thiophene rings is 1. The molecule has 0 aliphatic rings. The minimum absolute atomic E-state index is 0.139. The standard InChI is InChI=1S/C14H14N2OS/c1-10(12-6-7-18-9-12)16-14-11(8-15)4-3-5-13(14)17-2/h3-7,9-10,16H,1-2H3. The van der Waals surface area contributed by atoms with E-state index in [4.69, 9.17) is 10.00 Å². The first-order valence-electron chi connectivity index (χ1n) is 5.62. The molecule has 3 nitrogen and oxygen atoms in total. The number of anilines is 1. The number of nitriles is 1. The zero-order valence-electron chi connectivity index (χ0n) is 10.3. The summed E-state index contributed by atoms with van der Waals surface area (Å²) < 4.78 is 5.30. The van der Waals surface area contributed by atoms with E-state index in [9.17, 15) is 0 Å². The van der Waals surface area contributed by atoms with Crippen molar-refractivity contribution >= 4 is 17.0 Å². The van der Waals surface area contributed by atoms with E-state index in [0.717, 1.165) is 5.69 Å². The third-order valence-electron chi connectivity index (χ3n) is 2.77. The Morgan fingerprint density at radius 3 is 2.83 bits per heavy atom.